The number of carbonyl (C=O) groups excluding carboxylic acids is 1. The van der Waals surface area contributed by atoms with Gasteiger partial charge in [0.05, 0.1) is 29.8 Å². The van der Waals surface area contributed by atoms with E-state index in [2.05, 4.69) is 25.7 Å². The van der Waals surface area contributed by atoms with Crippen molar-refractivity contribution in [2.45, 2.75) is 12.8 Å². The van der Waals surface area contributed by atoms with E-state index in [1.807, 2.05) is 0 Å². The Kier molecular flexibility index (Phi) is 4.61. The lowest BCUT2D eigenvalue weighted by molar-refractivity contribution is -0.139. The van der Waals surface area contributed by atoms with Crippen LogP contribution in [0.2, 0.25) is 5.02 Å². The normalized spacial score (nSPS) is 10.6. The van der Waals surface area contributed by atoms with Crippen LogP contribution in [0.25, 0.3) is 0 Å². The van der Waals surface area contributed by atoms with E-state index >= 15 is 0 Å². The Morgan fingerprint density at radius 3 is 2.81 bits per heavy atom. The summed E-state index contributed by atoms with van der Waals surface area (Å²) in [6, 6.07) is 0. The molecule has 7 heteroatoms. The maximum absolute atomic E-state index is 12.6. The smallest absolute Gasteiger partial charge is 0.311 e. The molecule has 1 rings (SSSR count). The van der Waals surface area contributed by atoms with Crippen molar-refractivity contribution in [3.8, 4) is 0 Å². The summed E-state index contributed by atoms with van der Waals surface area (Å²) >= 11 is 8.65. The lowest BCUT2D eigenvalue weighted by Crippen LogP contribution is -2.08. The fraction of sp³-hybridized carbons (Fsp3) is 0.333. The molecule has 0 aromatic carbocycles. The second-order valence-electron chi connectivity index (χ2n) is 2.83. The molecule has 0 amide bonds. The van der Waals surface area contributed by atoms with Gasteiger partial charge in [0.25, 0.3) is 6.43 Å². The molecular formula is C9H7BrClF2NO2. The summed E-state index contributed by atoms with van der Waals surface area (Å²) in [5.74, 6) is -0.586. The first kappa shape index (κ1) is 13.3. The maximum Gasteiger partial charge on any atom is 0.311 e. The van der Waals surface area contributed by atoms with E-state index in [1.54, 1.807) is 0 Å². The van der Waals surface area contributed by atoms with Crippen LogP contribution >= 0.6 is 27.5 Å². The van der Waals surface area contributed by atoms with Crippen molar-refractivity contribution in [2.75, 3.05) is 7.11 Å². The van der Waals surface area contributed by atoms with Crippen LogP contribution in [0.3, 0.4) is 0 Å². The molecule has 1 aromatic heterocycles. The molecule has 0 aliphatic carbocycles. The summed E-state index contributed by atoms with van der Waals surface area (Å²) in [4.78, 5) is 14.8. The number of esters is 1. The predicted molar refractivity (Wildman–Crippen MR) is 57.6 cm³/mol. The number of pyridine rings is 1. The third-order valence-electron chi connectivity index (χ3n) is 1.84. The fourth-order valence-electron chi connectivity index (χ4n) is 1.05. The molecule has 0 bridgehead atoms. The van der Waals surface area contributed by atoms with Crippen molar-refractivity contribution in [2.24, 2.45) is 0 Å². The number of ether oxygens (including phenoxy) is 1. The highest BCUT2D eigenvalue weighted by molar-refractivity contribution is 9.10. The molecule has 88 valence electrons. The van der Waals surface area contributed by atoms with Gasteiger partial charge in [-0.1, -0.05) is 11.6 Å². The topological polar surface area (TPSA) is 39.2 Å². The Bertz CT molecular complexity index is 415. The number of hydrogen-bond donors (Lipinski definition) is 0. The van der Waals surface area contributed by atoms with Crippen LogP contribution in [0.5, 0.6) is 0 Å². The molecule has 3 nitrogen and oxygen atoms in total. The molecule has 0 atom stereocenters. The van der Waals surface area contributed by atoms with Crippen molar-refractivity contribution in [1.82, 2.24) is 4.98 Å². The first-order valence-electron chi connectivity index (χ1n) is 4.15. The monoisotopic (exact) mass is 313 g/mol. The molecule has 0 saturated heterocycles. The van der Waals surface area contributed by atoms with Crippen LogP contribution in [-0.4, -0.2) is 18.1 Å². The second kappa shape index (κ2) is 5.54. The van der Waals surface area contributed by atoms with Gasteiger partial charge in [-0.05, 0) is 15.9 Å². The summed E-state index contributed by atoms with van der Waals surface area (Å²) in [5, 5.41) is -0.213. The van der Waals surface area contributed by atoms with Crippen molar-refractivity contribution in [3.05, 3.63) is 26.9 Å². The van der Waals surface area contributed by atoms with Gasteiger partial charge in [-0.25, -0.2) is 8.78 Å². The average Bonchev–Trinajstić information content (AvgIpc) is 2.21. The van der Waals surface area contributed by atoms with Crippen molar-refractivity contribution < 1.29 is 18.3 Å². The van der Waals surface area contributed by atoms with Crippen molar-refractivity contribution >= 4 is 33.5 Å². The van der Waals surface area contributed by atoms with Gasteiger partial charge in [-0.15, -0.1) is 0 Å². The molecule has 0 aliphatic heterocycles. The van der Waals surface area contributed by atoms with E-state index < -0.39 is 12.4 Å². The minimum Gasteiger partial charge on any atom is -0.469 e. The van der Waals surface area contributed by atoms with Crippen LogP contribution in [0.1, 0.15) is 17.7 Å². The first-order valence-corrected chi connectivity index (χ1v) is 5.32. The zero-order chi connectivity index (χ0) is 12.3. The Labute approximate surface area is 104 Å². The zero-order valence-corrected chi connectivity index (χ0v) is 10.5. The lowest BCUT2D eigenvalue weighted by atomic mass is 10.2. The molecule has 0 unspecified atom stereocenters. The number of methoxy groups -OCH3 is 1. The largest absolute Gasteiger partial charge is 0.469 e. The minimum absolute atomic E-state index is 0.0759. The molecule has 1 heterocycles. The third-order valence-corrected chi connectivity index (χ3v) is 2.89. The van der Waals surface area contributed by atoms with Gasteiger partial charge in [0.1, 0.15) is 0 Å². The maximum atomic E-state index is 12.6. The van der Waals surface area contributed by atoms with Crippen LogP contribution in [0, 0.1) is 0 Å². The summed E-state index contributed by atoms with van der Waals surface area (Å²) in [5.41, 5.74) is -0.289. The molecule has 16 heavy (non-hydrogen) atoms. The average molecular weight is 315 g/mol. The highest BCUT2D eigenvalue weighted by atomic mass is 79.9. The molecule has 0 spiro atoms. The minimum atomic E-state index is -2.73. The third kappa shape index (κ3) is 2.89. The molecule has 0 saturated carbocycles. The van der Waals surface area contributed by atoms with Crippen LogP contribution in [-0.2, 0) is 16.0 Å². The highest BCUT2D eigenvalue weighted by Gasteiger charge is 2.21. The summed E-state index contributed by atoms with van der Waals surface area (Å²) in [6.07, 6.45) is -1.78. The van der Waals surface area contributed by atoms with Gasteiger partial charge in [0.15, 0.2) is 0 Å². The molecule has 0 fully saturated rings. The highest BCUT2D eigenvalue weighted by Crippen LogP contribution is 2.34. The number of aromatic nitrogens is 1. The standard InChI is InChI=1S/C9H7BrClF2NO2/c1-16-6(15)2-5-8(11)7(9(12)13)4(10)3-14-5/h3,9H,2H2,1H3. The number of halogens is 4. The zero-order valence-electron chi connectivity index (χ0n) is 8.14. The number of hydrogen-bond acceptors (Lipinski definition) is 3. The fourth-order valence-corrected chi connectivity index (χ4v) is 1.94. The predicted octanol–water partition coefficient (Wildman–Crippen LogP) is 3.15. The van der Waals surface area contributed by atoms with Gasteiger partial charge in [0.2, 0.25) is 0 Å². The molecule has 0 radical (unpaired) electrons. The van der Waals surface area contributed by atoms with E-state index in [0.29, 0.717) is 0 Å². The molecular weight excluding hydrogens is 307 g/mol. The Morgan fingerprint density at radius 1 is 1.69 bits per heavy atom. The van der Waals surface area contributed by atoms with Crippen molar-refractivity contribution in [1.29, 1.82) is 0 Å². The number of nitrogens with zero attached hydrogens (tertiary/aromatic N) is 1. The lowest BCUT2D eigenvalue weighted by Gasteiger charge is -2.09. The van der Waals surface area contributed by atoms with E-state index in [9.17, 15) is 13.6 Å². The summed E-state index contributed by atoms with van der Waals surface area (Å²) in [6.45, 7) is 0. The van der Waals surface area contributed by atoms with Crippen LogP contribution in [0.15, 0.2) is 10.7 Å². The Morgan fingerprint density at radius 2 is 2.31 bits per heavy atom. The van der Waals surface area contributed by atoms with Gasteiger partial charge in [-0.3, -0.25) is 9.78 Å². The summed E-state index contributed by atoms with van der Waals surface area (Å²) in [7, 11) is 1.20. The quantitative estimate of drug-likeness (QED) is 0.805. The van der Waals surface area contributed by atoms with E-state index in [0.717, 1.165) is 0 Å². The number of alkyl halides is 2. The molecule has 1 aromatic rings. The number of rotatable bonds is 3. The first-order chi connectivity index (χ1) is 7.47. The number of carbonyl (C=O) groups is 1. The van der Waals surface area contributed by atoms with Crippen LogP contribution < -0.4 is 0 Å². The SMILES string of the molecule is COC(=O)Cc1ncc(Br)c(C(F)F)c1Cl. The van der Waals surface area contributed by atoms with Gasteiger partial charge >= 0.3 is 5.97 Å². The van der Waals surface area contributed by atoms with E-state index in [1.165, 1.54) is 13.3 Å². The Hall–Kier alpha value is -0.750. The van der Waals surface area contributed by atoms with Gasteiger partial charge in [-0.2, -0.15) is 0 Å². The van der Waals surface area contributed by atoms with E-state index in [-0.39, 0.29) is 27.2 Å². The van der Waals surface area contributed by atoms with Crippen molar-refractivity contribution in [3.63, 3.8) is 0 Å². The Balaban J connectivity index is 3.13. The van der Waals surface area contributed by atoms with Gasteiger partial charge < -0.3 is 4.74 Å². The van der Waals surface area contributed by atoms with Gasteiger partial charge in [0, 0.05) is 10.7 Å². The molecule has 0 N–H and O–H groups in total. The van der Waals surface area contributed by atoms with E-state index in [4.69, 9.17) is 11.6 Å². The second-order valence-corrected chi connectivity index (χ2v) is 4.07. The summed E-state index contributed by atoms with van der Waals surface area (Å²) < 4.78 is 29.8. The molecule has 0 aliphatic rings. The van der Waals surface area contributed by atoms with Crippen LogP contribution in [0.4, 0.5) is 8.78 Å².